The number of nitrogens with zero attached hydrogens (tertiary/aromatic N) is 1. The Morgan fingerprint density at radius 3 is 2.44 bits per heavy atom. The maximum absolute atomic E-state index is 13.5. The highest BCUT2D eigenvalue weighted by molar-refractivity contribution is 7.92. The van der Waals surface area contributed by atoms with Crippen LogP contribution in [0.4, 0.5) is 15.8 Å². The van der Waals surface area contributed by atoms with Gasteiger partial charge in [0.15, 0.2) is 0 Å². The van der Waals surface area contributed by atoms with Crippen LogP contribution in [0.15, 0.2) is 36.4 Å². The van der Waals surface area contributed by atoms with E-state index in [-0.39, 0.29) is 17.1 Å². The number of sulfonamides is 1. The van der Waals surface area contributed by atoms with Crippen LogP contribution in [0.2, 0.25) is 10.0 Å². The molecule has 9 heteroatoms. The molecule has 2 rings (SSSR count). The lowest BCUT2D eigenvalue weighted by Crippen LogP contribution is -2.47. The molecule has 0 saturated heterocycles. The zero-order chi connectivity index (χ0) is 20.4. The fraction of sp³-hybridized carbons (Fsp3) is 0.278. The van der Waals surface area contributed by atoms with Gasteiger partial charge in [-0.15, -0.1) is 0 Å². The first-order chi connectivity index (χ1) is 12.5. The Morgan fingerprint density at radius 1 is 1.22 bits per heavy atom. The summed E-state index contributed by atoms with van der Waals surface area (Å²) < 4.78 is 39.2. The lowest BCUT2D eigenvalue weighted by Gasteiger charge is -2.30. The van der Waals surface area contributed by atoms with E-state index < -0.39 is 27.8 Å². The van der Waals surface area contributed by atoms with Crippen molar-refractivity contribution in [3.63, 3.8) is 0 Å². The van der Waals surface area contributed by atoms with Crippen LogP contribution in [0.5, 0.6) is 0 Å². The predicted octanol–water partition coefficient (Wildman–Crippen LogP) is 4.62. The van der Waals surface area contributed by atoms with E-state index in [2.05, 4.69) is 5.32 Å². The van der Waals surface area contributed by atoms with E-state index in [1.165, 1.54) is 12.1 Å². The van der Waals surface area contributed by atoms with Crippen LogP contribution in [0.3, 0.4) is 0 Å². The monoisotopic (exact) mass is 432 g/mol. The van der Waals surface area contributed by atoms with Crippen LogP contribution in [-0.4, -0.2) is 26.6 Å². The summed E-state index contributed by atoms with van der Waals surface area (Å²) in [5.74, 6) is -1.21. The summed E-state index contributed by atoms with van der Waals surface area (Å²) in [5.41, 5.74) is 1.36. The van der Waals surface area contributed by atoms with Gasteiger partial charge in [-0.1, -0.05) is 36.2 Å². The number of hydrogen-bond acceptors (Lipinski definition) is 3. The number of nitrogens with one attached hydrogen (secondary N) is 1. The minimum Gasteiger partial charge on any atom is -0.324 e. The number of hydrogen-bond donors (Lipinski definition) is 1. The highest BCUT2D eigenvalue weighted by Gasteiger charge is 2.32. The maximum Gasteiger partial charge on any atom is 0.248 e. The molecule has 1 atom stereocenters. The van der Waals surface area contributed by atoms with E-state index in [0.717, 1.165) is 22.2 Å². The summed E-state index contributed by atoms with van der Waals surface area (Å²) in [5, 5.41) is 2.92. The Morgan fingerprint density at radius 2 is 1.89 bits per heavy atom. The van der Waals surface area contributed by atoms with Gasteiger partial charge in [0.25, 0.3) is 0 Å². The molecule has 0 radical (unpaired) electrons. The lowest BCUT2D eigenvalue weighted by atomic mass is 10.1. The zero-order valence-corrected chi connectivity index (χ0v) is 17.3. The molecule has 1 unspecified atom stereocenters. The first-order valence-corrected chi connectivity index (χ1v) is 10.7. The van der Waals surface area contributed by atoms with Gasteiger partial charge in [-0.05, 0) is 49.2 Å². The molecule has 0 saturated carbocycles. The normalized spacial score (nSPS) is 12.5. The van der Waals surface area contributed by atoms with Crippen molar-refractivity contribution in [1.29, 1.82) is 0 Å². The van der Waals surface area contributed by atoms with E-state index in [4.69, 9.17) is 23.2 Å². The van der Waals surface area contributed by atoms with Crippen molar-refractivity contribution in [2.75, 3.05) is 15.9 Å². The second kappa shape index (κ2) is 8.46. The third-order valence-electron chi connectivity index (χ3n) is 3.94. The van der Waals surface area contributed by atoms with Gasteiger partial charge in [0.1, 0.15) is 11.9 Å². The highest BCUT2D eigenvalue weighted by Crippen LogP contribution is 2.28. The molecule has 0 aromatic heterocycles. The Hall–Kier alpha value is -1.83. The summed E-state index contributed by atoms with van der Waals surface area (Å²) >= 11 is 11.8. The average Bonchev–Trinajstić information content (AvgIpc) is 2.57. The smallest absolute Gasteiger partial charge is 0.248 e. The molecular weight excluding hydrogens is 414 g/mol. The molecule has 1 amide bonds. The molecule has 2 aromatic rings. The summed E-state index contributed by atoms with van der Waals surface area (Å²) in [6.07, 6.45) is 1.17. The molecule has 0 spiro atoms. The van der Waals surface area contributed by atoms with Crippen molar-refractivity contribution in [3.05, 3.63) is 57.8 Å². The quantitative estimate of drug-likeness (QED) is 0.723. The number of carbonyl (C=O) groups is 1. The molecule has 0 heterocycles. The van der Waals surface area contributed by atoms with Crippen molar-refractivity contribution in [1.82, 2.24) is 0 Å². The molecule has 27 heavy (non-hydrogen) atoms. The number of rotatable bonds is 6. The fourth-order valence-corrected chi connectivity index (χ4v) is 4.18. The van der Waals surface area contributed by atoms with Crippen LogP contribution in [0.25, 0.3) is 0 Å². The lowest BCUT2D eigenvalue weighted by molar-refractivity contribution is -0.117. The molecule has 0 aliphatic heterocycles. The van der Waals surface area contributed by atoms with Crippen molar-refractivity contribution in [3.8, 4) is 0 Å². The third-order valence-corrected chi connectivity index (χ3v) is 5.65. The van der Waals surface area contributed by atoms with Gasteiger partial charge in [0.2, 0.25) is 15.9 Å². The molecule has 0 aliphatic rings. The number of halogens is 3. The minimum atomic E-state index is -3.85. The number of anilines is 2. The number of benzene rings is 2. The van der Waals surface area contributed by atoms with E-state index in [1.54, 1.807) is 32.0 Å². The molecule has 1 N–H and O–H groups in total. The van der Waals surface area contributed by atoms with E-state index in [0.29, 0.717) is 10.7 Å². The number of aryl methyl sites for hydroxylation is 1. The molecule has 0 aliphatic carbocycles. The minimum absolute atomic E-state index is 0.105. The Kier molecular flexibility index (Phi) is 6.72. The van der Waals surface area contributed by atoms with Gasteiger partial charge in [-0.2, -0.15) is 0 Å². The SMILES string of the molecule is CCC(C(=O)Nc1cc(Cl)ccc1C)N(c1ccc(F)c(Cl)c1)S(C)(=O)=O. The summed E-state index contributed by atoms with van der Waals surface area (Å²) in [6, 6.07) is 7.46. The van der Waals surface area contributed by atoms with Crippen molar-refractivity contribution < 1.29 is 17.6 Å². The number of amides is 1. The second-order valence-corrected chi connectivity index (χ2v) is 8.73. The highest BCUT2D eigenvalue weighted by atomic mass is 35.5. The van der Waals surface area contributed by atoms with Crippen molar-refractivity contribution in [2.45, 2.75) is 26.3 Å². The molecule has 146 valence electrons. The average molecular weight is 433 g/mol. The third kappa shape index (κ3) is 5.12. The Bertz CT molecular complexity index is 967. The van der Waals surface area contributed by atoms with E-state index in [1.807, 2.05) is 0 Å². The first kappa shape index (κ1) is 21.5. The van der Waals surface area contributed by atoms with Crippen molar-refractivity contribution >= 4 is 50.5 Å². The van der Waals surface area contributed by atoms with Gasteiger partial charge in [-0.25, -0.2) is 12.8 Å². The van der Waals surface area contributed by atoms with Crippen LogP contribution >= 0.6 is 23.2 Å². The van der Waals surface area contributed by atoms with Gasteiger partial charge >= 0.3 is 0 Å². The maximum atomic E-state index is 13.5. The predicted molar refractivity (Wildman–Crippen MR) is 108 cm³/mol. The van der Waals surface area contributed by atoms with Crippen LogP contribution < -0.4 is 9.62 Å². The standard InChI is InChI=1S/C18H19Cl2FN2O3S/c1-4-17(18(24)22-16-9-12(19)6-5-11(16)2)23(27(3,25)26)13-7-8-15(21)14(20)10-13/h5-10,17H,4H2,1-3H3,(H,22,24). The van der Waals surface area contributed by atoms with Crippen LogP contribution in [-0.2, 0) is 14.8 Å². The Balaban J connectivity index is 2.44. The Labute approximate surface area is 168 Å². The molecular formula is C18H19Cl2FN2O3S. The molecule has 0 bridgehead atoms. The van der Waals surface area contributed by atoms with Crippen molar-refractivity contribution in [2.24, 2.45) is 0 Å². The molecule has 0 fully saturated rings. The first-order valence-electron chi connectivity index (χ1n) is 8.06. The molecule has 2 aromatic carbocycles. The summed E-state index contributed by atoms with van der Waals surface area (Å²) in [4.78, 5) is 12.9. The van der Waals surface area contributed by atoms with E-state index in [9.17, 15) is 17.6 Å². The number of carbonyl (C=O) groups excluding carboxylic acids is 1. The van der Waals surface area contributed by atoms with Crippen LogP contribution in [0.1, 0.15) is 18.9 Å². The summed E-state index contributed by atoms with van der Waals surface area (Å²) in [6.45, 7) is 3.47. The topological polar surface area (TPSA) is 66.5 Å². The molecule has 5 nitrogen and oxygen atoms in total. The summed E-state index contributed by atoms with van der Waals surface area (Å²) in [7, 11) is -3.85. The van der Waals surface area contributed by atoms with Gasteiger partial charge in [-0.3, -0.25) is 9.10 Å². The van der Waals surface area contributed by atoms with Gasteiger partial charge < -0.3 is 5.32 Å². The fourth-order valence-electron chi connectivity index (χ4n) is 2.63. The van der Waals surface area contributed by atoms with Gasteiger partial charge in [0.05, 0.1) is 17.0 Å². The zero-order valence-electron chi connectivity index (χ0n) is 15.0. The van der Waals surface area contributed by atoms with Gasteiger partial charge in [0, 0.05) is 10.7 Å². The van der Waals surface area contributed by atoms with Crippen LogP contribution in [0, 0.1) is 12.7 Å². The second-order valence-electron chi connectivity index (χ2n) is 6.03. The largest absolute Gasteiger partial charge is 0.324 e. The van der Waals surface area contributed by atoms with E-state index >= 15 is 0 Å².